The van der Waals surface area contributed by atoms with Gasteiger partial charge in [-0.1, -0.05) is 38.1 Å². The summed E-state index contributed by atoms with van der Waals surface area (Å²) in [6.45, 7) is 15.0. The minimum atomic E-state index is 0. The molecule has 1 saturated heterocycles. The Labute approximate surface area is 193 Å². The maximum atomic E-state index is 5.66. The molecule has 1 aromatic carbocycles. The highest BCUT2D eigenvalue weighted by Gasteiger charge is 2.10. The van der Waals surface area contributed by atoms with Gasteiger partial charge in [-0.3, -0.25) is 4.90 Å². The van der Waals surface area contributed by atoms with Crippen molar-refractivity contribution in [2.45, 2.75) is 40.3 Å². The quantitative estimate of drug-likeness (QED) is 0.204. The highest BCUT2D eigenvalue weighted by molar-refractivity contribution is 14.0. The van der Waals surface area contributed by atoms with Crippen molar-refractivity contribution in [1.29, 1.82) is 0 Å². The normalized spacial score (nSPS) is 15.2. The van der Waals surface area contributed by atoms with E-state index in [1.165, 1.54) is 11.1 Å². The van der Waals surface area contributed by atoms with Crippen LogP contribution >= 0.6 is 24.0 Å². The Kier molecular flexibility index (Phi) is 14.3. The van der Waals surface area contributed by atoms with E-state index in [0.717, 1.165) is 64.9 Å². The lowest BCUT2D eigenvalue weighted by molar-refractivity contribution is 0.0342. The van der Waals surface area contributed by atoms with Crippen LogP contribution in [0.2, 0.25) is 0 Å². The number of benzene rings is 1. The van der Waals surface area contributed by atoms with Crippen molar-refractivity contribution in [2.24, 2.45) is 10.9 Å². The third-order valence-corrected chi connectivity index (χ3v) is 4.64. The molecule has 0 radical (unpaired) electrons. The Hall–Kier alpha value is -0.900. The standard InChI is InChI=1S/C22H38N4O2.HI/c1-4-23-22(24-9-13-27-12-8-19(2)3)25-17-20-6-5-7-21(16-20)18-26-10-14-28-15-11-26;/h5-7,16,19H,4,8-15,17-18H2,1-3H3,(H2,23,24,25);1H. The van der Waals surface area contributed by atoms with Crippen molar-refractivity contribution in [3.63, 3.8) is 0 Å². The summed E-state index contributed by atoms with van der Waals surface area (Å²) in [5, 5.41) is 6.65. The van der Waals surface area contributed by atoms with Gasteiger partial charge in [-0.25, -0.2) is 4.99 Å². The molecule has 7 heteroatoms. The van der Waals surface area contributed by atoms with E-state index in [1.807, 2.05) is 0 Å². The number of ether oxygens (including phenoxy) is 2. The Bertz CT molecular complexity index is 578. The van der Waals surface area contributed by atoms with Crippen LogP contribution in [-0.4, -0.2) is 63.5 Å². The minimum absolute atomic E-state index is 0. The molecule has 0 spiro atoms. The van der Waals surface area contributed by atoms with E-state index >= 15 is 0 Å². The zero-order valence-corrected chi connectivity index (χ0v) is 20.6. The fraction of sp³-hybridized carbons (Fsp3) is 0.682. The third-order valence-electron chi connectivity index (χ3n) is 4.64. The highest BCUT2D eigenvalue weighted by Crippen LogP contribution is 2.11. The summed E-state index contributed by atoms with van der Waals surface area (Å²) in [6, 6.07) is 8.73. The molecule has 0 aliphatic carbocycles. The average Bonchev–Trinajstić information content (AvgIpc) is 2.69. The summed E-state index contributed by atoms with van der Waals surface area (Å²) in [5.41, 5.74) is 2.57. The molecule has 6 nitrogen and oxygen atoms in total. The lowest BCUT2D eigenvalue weighted by Crippen LogP contribution is -2.39. The number of guanidine groups is 1. The van der Waals surface area contributed by atoms with Crippen molar-refractivity contribution < 1.29 is 9.47 Å². The lowest BCUT2D eigenvalue weighted by Gasteiger charge is -2.26. The molecule has 0 saturated carbocycles. The number of hydrogen-bond acceptors (Lipinski definition) is 4. The Morgan fingerprint density at radius 3 is 2.66 bits per heavy atom. The van der Waals surface area contributed by atoms with Crippen LogP contribution in [0.5, 0.6) is 0 Å². The van der Waals surface area contributed by atoms with Crippen LogP contribution in [-0.2, 0) is 22.6 Å². The lowest BCUT2D eigenvalue weighted by atomic mass is 10.1. The van der Waals surface area contributed by atoms with Gasteiger partial charge in [0.25, 0.3) is 0 Å². The topological polar surface area (TPSA) is 58.1 Å². The molecular weight excluding hydrogens is 479 g/mol. The molecule has 1 heterocycles. The molecule has 2 N–H and O–H groups in total. The Morgan fingerprint density at radius 1 is 1.17 bits per heavy atom. The van der Waals surface area contributed by atoms with Gasteiger partial charge >= 0.3 is 0 Å². The zero-order chi connectivity index (χ0) is 20.0. The van der Waals surface area contributed by atoms with E-state index in [4.69, 9.17) is 14.5 Å². The minimum Gasteiger partial charge on any atom is -0.380 e. The van der Waals surface area contributed by atoms with E-state index in [0.29, 0.717) is 19.1 Å². The molecule has 1 aliphatic heterocycles. The van der Waals surface area contributed by atoms with Gasteiger partial charge in [0.05, 0.1) is 26.4 Å². The number of nitrogens with one attached hydrogen (secondary N) is 2. The molecule has 2 rings (SSSR count). The second-order valence-electron chi connectivity index (χ2n) is 7.63. The third kappa shape index (κ3) is 11.8. The van der Waals surface area contributed by atoms with E-state index in [-0.39, 0.29) is 24.0 Å². The molecule has 1 aromatic rings. The van der Waals surface area contributed by atoms with Crippen LogP contribution < -0.4 is 10.6 Å². The van der Waals surface area contributed by atoms with Gasteiger partial charge in [0, 0.05) is 39.3 Å². The number of morpholine rings is 1. The predicted octanol–water partition coefficient (Wildman–Crippen LogP) is 3.25. The molecule has 29 heavy (non-hydrogen) atoms. The van der Waals surface area contributed by atoms with E-state index < -0.39 is 0 Å². The molecule has 0 amide bonds. The van der Waals surface area contributed by atoms with E-state index in [9.17, 15) is 0 Å². The van der Waals surface area contributed by atoms with Crippen molar-refractivity contribution >= 4 is 29.9 Å². The second kappa shape index (κ2) is 15.9. The van der Waals surface area contributed by atoms with Crippen molar-refractivity contribution in [2.75, 3.05) is 52.6 Å². The fourth-order valence-electron chi connectivity index (χ4n) is 3.02. The smallest absolute Gasteiger partial charge is 0.191 e. The first-order valence-electron chi connectivity index (χ1n) is 10.6. The largest absolute Gasteiger partial charge is 0.380 e. The summed E-state index contributed by atoms with van der Waals surface area (Å²) in [7, 11) is 0. The summed E-state index contributed by atoms with van der Waals surface area (Å²) in [6.07, 6.45) is 1.11. The van der Waals surface area contributed by atoms with E-state index in [2.05, 4.69) is 60.6 Å². The fourth-order valence-corrected chi connectivity index (χ4v) is 3.02. The van der Waals surface area contributed by atoms with Crippen LogP contribution in [0.25, 0.3) is 0 Å². The SMILES string of the molecule is CCNC(=NCc1cccc(CN2CCOCC2)c1)NCCOCCC(C)C.I. The maximum absolute atomic E-state index is 5.66. The maximum Gasteiger partial charge on any atom is 0.191 e. The van der Waals surface area contributed by atoms with Gasteiger partial charge in [0.2, 0.25) is 0 Å². The molecule has 166 valence electrons. The molecule has 1 aliphatic rings. The van der Waals surface area contributed by atoms with E-state index in [1.54, 1.807) is 0 Å². The van der Waals surface area contributed by atoms with Crippen molar-refractivity contribution in [3.8, 4) is 0 Å². The van der Waals surface area contributed by atoms with Crippen LogP contribution in [0.4, 0.5) is 0 Å². The van der Waals surface area contributed by atoms with Crippen molar-refractivity contribution in [3.05, 3.63) is 35.4 Å². The van der Waals surface area contributed by atoms with Gasteiger partial charge in [0.1, 0.15) is 0 Å². The summed E-state index contributed by atoms with van der Waals surface area (Å²) in [4.78, 5) is 7.16. The molecule has 1 fully saturated rings. The zero-order valence-electron chi connectivity index (χ0n) is 18.3. The summed E-state index contributed by atoms with van der Waals surface area (Å²) in [5.74, 6) is 1.53. The van der Waals surface area contributed by atoms with Crippen molar-refractivity contribution in [1.82, 2.24) is 15.5 Å². The van der Waals surface area contributed by atoms with Gasteiger partial charge in [-0.05, 0) is 30.4 Å². The first kappa shape index (κ1) is 26.1. The monoisotopic (exact) mass is 518 g/mol. The number of aliphatic imine (C=N–C) groups is 1. The number of hydrogen-bond donors (Lipinski definition) is 2. The number of rotatable bonds is 11. The molecule has 0 bridgehead atoms. The highest BCUT2D eigenvalue weighted by atomic mass is 127. The summed E-state index contributed by atoms with van der Waals surface area (Å²) >= 11 is 0. The first-order valence-corrected chi connectivity index (χ1v) is 10.6. The van der Waals surface area contributed by atoms with Gasteiger partial charge in [-0.2, -0.15) is 0 Å². The Morgan fingerprint density at radius 2 is 1.93 bits per heavy atom. The number of halogens is 1. The average molecular weight is 518 g/mol. The molecule has 0 atom stereocenters. The first-order chi connectivity index (χ1) is 13.7. The van der Waals surface area contributed by atoms with Crippen LogP contribution in [0, 0.1) is 5.92 Å². The molecule has 0 aromatic heterocycles. The predicted molar refractivity (Wildman–Crippen MR) is 131 cm³/mol. The van der Waals surface area contributed by atoms with Crippen LogP contribution in [0.15, 0.2) is 29.3 Å². The summed E-state index contributed by atoms with van der Waals surface area (Å²) < 4.78 is 11.1. The van der Waals surface area contributed by atoms with Gasteiger partial charge in [-0.15, -0.1) is 24.0 Å². The Balaban J connectivity index is 0.00000420. The van der Waals surface area contributed by atoms with Gasteiger partial charge in [0.15, 0.2) is 5.96 Å². The van der Waals surface area contributed by atoms with Gasteiger partial charge < -0.3 is 20.1 Å². The molecule has 0 unspecified atom stereocenters. The van der Waals surface area contributed by atoms with Crippen LogP contribution in [0.1, 0.15) is 38.3 Å². The number of nitrogens with zero attached hydrogens (tertiary/aromatic N) is 2. The second-order valence-corrected chi connectivity index (χ2v) is 7.63. The van der Waals surface area contributed by atoms with Crippen LogP contribution in [0.3, 0.4) is 0 Å². The molecular formula is C22H39IN4O2.